The van der Waals surface area contributed by atoms with Crippen LogP contribution in [0.2, 0.25) is 10.0 Å². The van der Waals surface area contributed by atoms with Gasteiger partial charge in [0.2, 0.25) is 0 Å². The summed E-state index contributed by atoms with van der Waals surface area (Å²) in [6.45, 7) is 2.41. The molecule has 0 unspecified atom stereocenters. The first-order valence-electron chi connectivity index (χ1n) is 11.2. The SMILES string of the molecule is CCOc1cc(/C=C2\C(=O)NC(=O)N(c3ccc(OC)cc3)C2=O)ccc1OCc1ccc(Cl)c(Cl)c1. The van der Waals surface area contributed by atoms with Crippen LogP contribution in [0.3, 0.4) is 0 Å². The molecule has 0 saturated carbocycles. The minimum atomic E-state index is -0.835. The van der Waals surface area contributed by atoms with Gasteiger partial charge in [-0.15, -0.1) is 0 Å². The summed E-state index contributed by atoms with van der Waals surface area (Å²) in [5, 5.41) is 3.08. The Hall–Kier alpha value is -4.01. The standard InChI is InChI=1S/C27H22Cl2N2O6/c1-3-36-24-14-16(5-11-23(24)37-15-17-4-10-21(28)22(29)13-17)12-20-25(32)30-27(34)31(26(20)33)18-6-8-19(35-2)9-7-18/h4-14H,3,15H2,1-2H3,(H,30,32,34)/b20-12+. The Morgan fingerprint density at radius 3 is 2.32 bits per heavy atom. The van der Waals surface area contributed by atoms with Gasteiger partial charge < -0.3 is 14.2 Å². The highest BCUT2D eigenvalue weighted by Crippen LogP contribution is 2.32. The molecule has 1 aliphatic heterocycles. The lowest BCUT2D eigenvalue weighted by Gasteiger charge is -2.26. The number of carbonyl (C=O) groups is 3. The maximum absolute atomic E-state index is 13.2. The molecule has 8 nitrogen and oxygen atoms in total. The third-order valence-electron chi connectivity index (χ3n) is 5.39. The zero-order chi connectivity index (χ0) is 26.5. The van der Waals surface area contributed by atoms with E-state index >= 15 is 0 Å². The lowest BCUT2D eigenvalue weighted by atomic mass is 10.1. The molecule has 1 saturated heterocycles. The normalized spacial score (nSPS) is 14.5. The molecule has 1 fully saturated rings. The minimum absolute atomic E-state index is 0.206. The molecule has 4 amide bonds. The molecule has 4 rings (SSSR count). The Kier molecular flexibility index (Phi) is 8.01. The summed E-state index contributed by atoms with van der Waals surface area (Å²) in [6.07, 6.45) is 1.39. The molecule has 1 heterocycles. The van der Waals surface area contributed by atoms with Gasteiger partial charge in [-0.1, -0.05) is 35.3 Å². The second-order valence-electron chi connectivity index (χ2n) is 7.83. The Labute approximate surface area is 223 Å². The molecule has 0 radical (unpaired) electrons. The zero-order valence-corrected chi connectivity index (χ0v) is 21.4. The van der Waals surface area contributed by atoms with Gasteiger partial charge in [0.15, 0.2) is 11.5 Å². The van der Waals surface area contributed by atoms with Gasteiger partial charge in [0.05, 0.1) is 29.4 Å². The predicted octanol–water partition coefficient (Wildman–Crippen LogP) is 5.65. The first kappa shape index (κ1) is 26.1. The van der Waals surface area contributed by atoms with Crippen molar-refractivity contribution in [3.8, 4) is 17.2 Å². The van der Waals surface area contributed by atoms with Gasteiger partial charge in [0, 0.05) is 0 Å². The molecule has 37 heavy (non-hydrogen) atoms. The zero-order valence-electron chi connectivity index (χ0n) is 19.9. The number of anilines is 1. The number of ether oxygens (including phenoxy) is 3. The fourth-order valence-corrected chi connectivity index (χ4v) is 3.90. The number of imide groups is 2. The highest BCUT2D eigenvalue weighted by Gasteiger charge is 2.36. The predicted molar refractivity (Wildman–Crippen MR) is 140 cm³/mol. The Bertz CT molecular complexity index is 1390. The monoisotopic (exact) mass is 540 g/mol. The molecule has 190 valence electrons. The fraction of sp³-hybridized carbons (Fsp3) is 0.148. The van der Waals surface area contributed by atoms with Crippen molar-refractivity contribution in [3.05, 3.63) is 87.4 Å². The van der Waals surface area contributed by atoms with Crippen LogP contribution in [0.4, 0.5) is 10.5 Å². The largest absolute Gasteiger partial charge is 0.497 e. The number of barbiturate groups is 1. The van der Waals surface area contributed by atoms with E-state index in [0.29, 0.717) is 45.2 Å². The van der Waals surface area contributed by atoms with E-state index < -0.39 is 17.8 Å². The van der Waals surface area contributed by atoms with Crippen LogP contribution in [0.15, 0.2) is 66.2 Å². The number of urea groups is 1. The van der Waals surface area contributed by atoms with Crippen LogP contribution >= 0.6 is 23.2 Å². The highest BCUT2D eigenvalue weighted by atomic mass is 35.5. The molecule has 1 N–H and O–H groups in total. The van der Waals surface area contributed by atoms with E-state index in [4.69, 9.17) is 37.4 Å². The molecule has 3 aromatic carbocycles. The smallest absolute Gasteiger partial charge is 0.335 e. The van der Waals surface area contributed by atoms with Gasteiger partial charge in [-0.05, 0) is 72.7 Å². The van der Waals surface area contributed by atoms with Crippen molar-refractivity contribution in [1.82, 2.24) is 5.32 Å². The molecule has 0 atom stereocenters. The summed E-state index contributed by atoms with van der Waals surface area (Å²) in [6, 6.07) is 15.7. The van der Waals surface area contributed by atoms with Crippen LogP contribution in [0.25, 0.3) is 6.08 Å². The van der Waals surface area contributed by atoms with Crippen molar-refractivity contribution in [3.63, 3.8) is 0 Å². The van der Waals surface area contributed by atoms with E-state index in [-0.39, 0.29) is 12.2 Å². The molecule has 3 aromatic rings. The number of rotatable bonds is 8. The summed E-state index contributed by atoms with van der Waals surface area (Å²) in [4.78, 5) is 39.0. The lowest BCUT2D eigenvalue weighted by molar-refractivity contribution is -0.122. The number of nitrogens with zero attached hydrogens (tertiary/aromatic N) is 1. The topological polar surface area (TPSA) is 94.2 Å². The molecular formula is C27H22Cl2N2O6. The third-order valence-corrected chi connectivity index (χ3v) is 6.13. The van der Waals surface area contributed by atoms with E-state index in [0.717, 1.165) is 10.5 Å². The molecule has 10 heteroatoms. The van der Waals surface area contributed by atoms with Crippen molar-refractivity contribution < 1.29 is 28.6 Å². The maximum atomic E-state index is 13.2. The molecule has 0 bridgehead atoms. The van der Waals surface area contributed by atoms with Gasteiger partial charge >= 0.3 is 6.03 Å². The van der Waals surface area contributed by atoms with E-state index in [1.54, 1.807) is 60.7 Å². The number of nitrogens with one attached hydrogen (secondary N) is 1. The van der Waals surface area contributed by atoms with E-state index in [2.05, 4.69) is 5.32 Å². The summed E-state index contributed by atoms with van der Waals surface area (Å²) in [7, 11) is 1.51. The third kappa shape index (κ3) is 5.87. The number of halogens is 2. The summed E-state index contributed by atoms with van der Waals surface area (Å²) in [5.74, 6) is -0.104. The average Bonchev–Trinajstić information content (AvgIpc) is 2.88. The number of methoxy groups -OCH3 is 1. The van der Waals surface area contributed by atoms with Gasteiger partial charge in [0.25, 0.3) is 11.8 Å². The molecule has 1 aliphatic rings. The fourth-order valence-electron chi connectivity index (χ4n) is 3.58. The van der Waals surface area contributed by atoms with Crippen LogP contribution in [0, 0.1) is 0 Å². The van der Waals surface area contributed by atoms with Gasteiger partial charge in [-0.25, -0.2) is 9.69 Å². The Balaban J connectivity index is 1.59. The number of amides is 4. The molecular weight excluding hydrogens is 519 g/mol. The van der Waals surface area contributed by atoms with Crippen molar-refractivity contribution in [2.24, 2.45) is 0 Å². The minimum Gasteiger partial charge on any atom is -0.497 e. The van der Waals surface area contributed by atoms with Crippen molar-refractivity contribution in [2.75, 3.05) is 18.6 Å². The van der Waals surface area contributed by atoms with Crippen LogP contribution in [-0.4, -0.2) is 31.6 Å². The lowest BCUT2D eigenvalue weighted by Crippen LogP contribution is -2.54. The van der Waals surface area contributed by atoms with Gasteiger partial charge in [-0.3, -0.25) is 14.9 Å². The summed E-state index contributed by atoms with van der Waals surface area (Å²) in [5.41, 5.74) is 1.41. The summed E-state index contributed by atoms with van der Waals surface area (Å²) < 4.78 is 16.7. The molecule has 0 spiro atoms. The van der Waals surface area contributed by atoms with Crippen LogP contribution in [0.5, 0.6) is 17.2 Å². The number of benzene rings is 3. The quantitative estimate of drug-likeness (QED) is 0.293. The maximum Gasteiger partial charge on any atom is 0.335 e. The van der Waals surface area contributed by atoms with Crippen molar-refractivity contribution in [2.45, 2.75) is 13.5 Å². The van der Waals surface area contributed by atoms with E-state index in [1.165, 1.54) is 13.2 Å². The summed E-state index contributed by atoms with van der Waals surface area (Å²) >= 11 is 12.0. The van der Waals surface area contributed by atoms with Crippen LogP contribution < -0.4 is 24.4 Å². The van der Waals surface area contributed by atoms with Crippen LogP contribution in [0.1, 0.15) is 18.1 Å². The average molecular weight is 541 g/mol. The van der Waals surface area contributed by atoms with Gasteiger partial charge in [0.1, 0.15) is 17.9 Å². The number of carbonyl (C=O) groups excluding carboxylic acids is 3. The Morgan fingerprint density at radius 2 is 1.65 bits per heavy atom. The molecule has 0 aliphatic carbocycles. The van der Waals surface area contributed by atoms with Gasteiger partial charge in [-0.2, -0.15) is 0 Å². The first-order valence-corrected chi connectivity index (χ1v) is 12.0. The van der Waals surface area contributed by atoms with Crippen molar-refractivity contribution >= 4 is 52.8 Å². The van der Waals surface area contributed by atoms with E-state index in [9.17, 15) is 14.4 Å². The first-order chi connectivity index (χ1) is 17.8. The second kappa shape index (κ2) is 11.4. The highest BCUT2D eigenvalue weighted by molar-refractivity contribution is 6.42. The molecule has 0 aromatic heterocycles. The van der Waals surface area contributed by atoms with Crippen molar-refractivity contribution in [1.29, 1.82) is 0 Å². The second-order valence-corrected chi connectivity index (χ2v) is 8.65. The Morgan fingerprint density at radius 1 is 0.892 bits per heavy atom. The number of hydrogen-bond acceptors (Lipinski definition) is 6. The van der Waals surface area contributed by atoms with Crippen LogP contribution in [-0.2, 0) is 16.2 Å². The van der Waals surface area contributed by atoms with E-state index in [1.807, 2.05) is 6.92 Å². The number of hydrogen-bond donors (Lipinski definition) is 1.